The first-order valence-electron chi connectivity index (χ1n) is 8.34. The molecular weight excluding hydrogens is 260 g/mol. The van der Waals surface area contributed by atoms with E-state index in [4.69, 9.17) is 5.73 Å². The minimum atomic E-state index is 0.192. The van der Waals surface area contributed by atoms with Crippen LogP contribution in [0.1, 0.15) is 44.1 Å². The van der Waals surface area contributed by atoms with Gasteiger partial charge in [0.2, 0.25) is 5.91 Å². The molecule has 2 aliphatic rings. The molecule has 0 radical (unpaired) electrons. The van der Waals surface area contributed by atoms with E-state index in [9.17, 15) is 4.79 Å². The summed E-state index contributed by atoms with van der Waals surface area (Å²) >= 11 is 0. The fourth-order valence-corrected chi connectivity index (χ4v) is 3.88. The number of benzene rings is 1. The number of nitrogens with two attached hydrogens (primary N) is 1. The molecule has 2 fully saturated rings. The van der Waals surface area contributed by atoms with Gasteiger partial charge in [-0.1, -0.05) is 30.3 Å². The minimum absolute atomic E-state index is 0.192. The Morgan fingerprint density at radius 3 is 2.71 bits per heavy atom. The van der Waals surface area contributed by atoms with Gasteiger partial charge in [-0.2, -0.15) is 0 Å². The average Bonchev–Trinajstić information content (AvgIpc) is 3.14. The van der Waals surface area contributed by atoms with Crippen molar-refractivity contribution in [2.75, 3.05) is 6.54 Å². The number of hydrogen-bond acceptors (Lipinski definition) is 2. The summed E-state index contributed by atoms with van der Waals surface area (Å²) in [7, 11) is 0. The first-order valence-corrected chi connectivity index (χ1v) is 8.34. The Hall–Kier alpha value is -1.35. The lowest BCUT2D eigenvalue weighted by Crippen LogP contribution is -2.39. The normalized spacial score (nSPS) is 29.0. The number of amides is 1. The van der Waals surface area contributed by atoms with Crippen LogP contribution in [0.25, 0.3) is 0 Å². The molecule has 0 unspecified atom stereocenters. The van der Waals surface area contributed by atoms with E-state index in [0.717, 1.165) is 51.5 Å². The van der Waals surface area contributed by atoms with Crippen molar-refractivity contribution >= 4 is 5.91 Å². The highest BCUT2D eigenvalue weighted by molar-refractivity contribution is 5.79. The molecule has 1 aromatic carbocycles. The molecule has 0 spiro atoms. The summed E-state index contributed by atoms with van der Waals surface area (Å²) in [6.07, 6.45) is 7.37. The van der Waals surface area contributed by atoms with Crippen molar-refractivity contribution in [2.24, 2.45) is 11.7 Å². The van der Waals surface area contributed by atoms with Gasteiger partial charge >= 0.3 is 0 Å². The third-order valence-electron chi connectivity index (χ3n) is 5.09. The van der Waals surface area contributed by atoms with E-state index < -0.39 is 0 Å². The number of nitrogens with zero attached hydrogens (tertiary/aromatic N) is 1. The zero-order valence-electron chi connectivity index (χ0n) is 12.7. The molecule has 0 aromatic heterocycles. The monoisotopic (exact) mass is 286 g/mol. The molecule has 1 heterocycles. The van der Waals surface area contributed by atoms with Gasteiger partial charge in [-0.05, 0) is 50.5 Å². The Morgan fingerprint density at radius 1 is 1.19 bits per heavy atom. The van der Waals surface area contributed by atoms with Crippen molar-refractivity contribution in [3.05, 3.63) is 35.9 Å². The van der Waals surface area contributed by atoms with Crippen molar-refractivity contribution in [1.82, 2.24) is 4.90 Å². The van der Waals surface area contributed by atoms with Gasteiger partial charge in [0.25, 0.3) is 0 Å². The number of rotatable bonds is 4. The summed E-state index contributed by atoms with van der Waals surface area (Å²) in [5, 5.41) is 0. The first-order chi connectivity index (χ1) is 10.2. The molecule has 3 nitrogen and oxygen atoms in total. The molecule has 3 atom stereocenters. The predicted octanol–water partition coefficient (Wildman–Crippen LogP) is 2.74. The van der Waals surface area contributed by atoms with E-state index in [0.29, 0.717) is 11.9 Å². The summed E-state index contributed by atoms with van der Waals surface area (Å²) < 4.78 is 0. The zero-order valence-corrected chi connectivity index (χ0v) is 12.7. The summed E-state index contributed by atoms with van der Waals surface area (Å²) in [5.74, 6) is 0.566. The van der Waals surface area contributed by atoms with Crippen LogP contribution in [-0.4, -0.2) is 29.4 Å². The second-order valence-electron chi connectivity index (χ2n) is 6.62. The van der Waals surface area contributed by atoms with E-state index in [1.807, 2.05) is 0 Å². The molecule has 1 saturated carbocycles. The van der Waals surface area contributed by atoms with Crippen LogP contribution in [0.15, 0.2) is 30.3 Å². The Kier molecular flexibility index (Phi) is 4.59. The average molecular weight is 286 g/mol. The topological polar surface area (TPSA) is 46.3 Å². The lowest BCUT2D eigenvalue weighted by molar-refractivity contribution is -0.136. The summed E-state index contributed by atoms with van der Waals surface area (Å²) in [6.45, 7) is 0.948. The van der Waals surface area contributed by atoms with Crippen LogP contribution in [0.3, 0.4) is 0 Å². The van der Waals surface area contributed by atoms with Crippen LogP contribution in [0.2, 0.25) is 0 Å². The Bertz CT molecular complexity index is 473. The van der Waals surface area contributed by atoms with Crippen LogP contribution in [0, 0.1) is 5.92 Å². The molecular formula is C18H26N2O. The van der Waals surface area contributed by atoms with Crippen LogP contribution in [-0.2, 0) is 11.2 Å². The standard InChI is InChI=1S/C18H26N2O/c19-16-10-9-15(13-16)18(21)20-12-4-7-17(20)11-8-14-5-2-1-3-6-14/h1-3,5-6,15-17H,4,7-13,19H2/t15-,16-,17+/m1/s1. The Balaban J connectivity index is 1.56. The second-order valence-corrected chi connectivity index (χ2v) is 6.62. The maximum Gasteiger partial charge on any atom is 0.225 e. The first kappa shape index (κ1) is 14.6. The van der Waals surface area contributed by atoms with Crippen molar-refractivity contribution in [2.45, 2.75) is 57.0 Å². The van der Waals surface area contributed by atoms with E-state index in [2.05, 4.69) is 35.2 Å². The molecule has 1 aliphatic carbocycles. The van der Waals surface area contributed by atoms with Crippen molar-refractivity contribution in [3.63, 3.8) is 0 Å². The van der Waals surface area contributed by atoms with Crippen LogP contribution < -0.4 is 5.73 Å². The molecule has 21 heavy (non-hydrogen) atoms. The minimum Gasteiger partial charge on any atom is -0.339 e. The van der Waals surface area contributed by atoms with Crippen molar-refractivity contribution in [3.8, 4) is 0 Å². The van der Waals surface area contributed by atoms with E-state index in [-0.39, 0.29) is 12.0 Å². The zero-order chi connectivity index (χ0) is 14.7. The van der Waals surface area contributed by atoms with Gasteiger partial charge in [-0.3, -0.25) is 4.79 Å². The molecule has 1 aromatic rings. The van der Waals surface area contributed by atoms with Crippen LogP contribution >= 0.6 is 0 Å². The number of hydrogen-bond donors (Lipinski definition) is 1. The summed E-state index contributed by atoms with van der Waals surface area (Å²) in [6, 6.07) is 11.3. The fraction of sp³-hybridized carbons (Fsp3) is 0.611. The number of carbonyl (C=O) groups excluding carboxylic acids is 1. The van der Waals surface area contributed by atoms with Gasteiger partial charge in [0.15, 0.2) is 0 Å². The lowest BCUT2D eigenvalue weighted by Gasteiger charge is -2.27. The highest BCUT2D eigenvalue weighted by Crippen LogP contribution is 2.30. The van der Waals surface area contributed by atoms with E-state index in [1.54, 1.807) is 0 Å². The number of aryl methyl sites for hydroxylation is 1. The van der Waals surface area contributed by atoms with Crippen LogP contribution in [0.5, 0.6) is 0 Å². The lowest BCUT2D eigenvalue weighted by atomic mass is 10.0. The molecule has 2 N–H and O–H groups in total. The molecule has 3 rings (SSSR count). The van der Waals surface area contributed by atoms with Gasteiger partial charge in [0.1, 0.15) is 0 Å². The van der Waals surface area contributed by atoms with Gasteiger partial charge in [0.05, 0.1) is 0 Å². The van der Waals surface area contributed by atoms with Crippen molar-refractivity contribution < 1.29 is 4.79 Å². The third kappa shape index (κ3) is 3.46. The van der Waals surface area contributed by atoms with E-state index >= 15 is 0 Å². The Morgan fingerprint density at radius 2 is 2.00 bits per heavy atom. The fourth-order valence-electron chi connectivity index (χ4n) is 3.88. The van der Waals surface area contributed by atoms with Crippen molar-refractivity contribution in [1.29, 1.82) is 0 Å². The van der Waals surface area contributed by atoms with Gasteiger partial charge in [-0.15, -0.1) is 0 Å². The maximum absolute atomic E-state index is 12.7. The quantitative estimate of drug-likeness (QED) is 0.925. The second kappa shape index (κ2) is 6.61. The highest BCUT2D eigenvalue weighted by atomic mass is 16.2. The summed E-state index contributed by atoms with van der Waals surface area (Å²) in [5.41, 5.74) is 7.33. The molecule has 1 aliphatic heterocycles. The number of carbonyl (C=O) groups is 1. The van der Waals surface area contributed by atoms with Crippen LogP contribution in [0.4, 0.5) is 0 Å². The molecule has 1 amide bonds. The Labute approximate surface area is 127 Å². The maximum atomic E-state index is 12.7. The smallest absolute Gasteiger partial charge is 0.225 e. The molecule has 114 valence electrons. The summed E-state index contributed by atoms with van der Waals surface area (Å²) in [4.78, 5) is 14.8. The van der Waals surface area contributed by atoms with Gasteiger partial charge < -0.3 is 10.6 Å². The van der Waals surface area contributed by atoms with Gasteiger partial charge in [-0.25, -0.2) is 0 Å². The largest absolute Gasteiger partial charge is 0.339 e. The molecule has 0 bridgehead atoms. The SMILES string of the molecule is N[C@@H]1CC[C@@H](C(=O)N2CCC[C@H]2CCc2ccccc2)C1. The third-order valence-corrected chi connectivity index (χ3v) is 5.09. The van der Waals surface area contributed by atoms with Gasteiger partial charge in [0, 0.05) is 24.5 Å². The molecule has 1 saturated heterocycles. The predicted molar refractivity (Wildman–Crippen MR) is 84.8 cm³/mol. The van der Waals surface area contributed by atoms with E-state index in [1.165, 1.54) is 5.56 Å². The highest BCUT2D eigenvalue weighted by Gasteiger charge is 2.35. The number of likely N-dealkylation sites (tertiary alicyclic amines) is 1. The molecule has 3 heteroatoms.